The van der Waals surface area contributed by atoms with E-state index in [1.54, 1.807) is 0 Å². The van der Waals surface area contributed by atoms with E-state index in [0.717, 1.165) is 23.9 Å². The minimum absolute atomic E-state index is 0.787. The standard InChI is InChI=1S/C13H24N2/c1-15-8-2-3-12(9-15)14-13(10-4-5-10)11-6-7-11/h10-14H,2-9H2,1H3. The van der Waals surface area contributed by atoms with Gasteiger partial charge in [-0.15, -0.1) is 0 Å². The summed E-state index contributed by atoms with van der Waals surface area (Å²) in [5.41, 5.74) is 0. The molecule has 0 spiro atoms. The predicted octanol–water partition coefficient (Wildman–Crippen LogP) is 1.86. The molecular weight excluding hydrogens is 184 g/mol. The van der Waals surface area contributed by atoms with E-state index in [0.29, 0.717) is 0 Å². The molecule has 2 nitrogen and oxygen atoms in total. The largest absolute Gasteiger partial charge is 0.309 e. The molecule has 1 heterocycles. The summed E-state index contributed by atoms with van der Waals surface area (Å²) in [6.45, 7) is 2.58. The van der Waals surface area contributed by atoms with Crippen molar-refractivity contribution in [1.82, 2.24) is 10.2 Å². The Bertz CT molecular complexity index is 209. The van der Waals surface area contributed by atoms with Gasteiger partial charge < -0.3 is 10.2 Å². The third-order valence-corrected chi connectivity index (χ3v) is 4.31. The molecule has 1 N–H and O–H groups in total. The number of nitrogens with zero attached hydrogens (tertiary/aromatic N) is 1. The van der Waals surface area contributed by atoms with Gasteiger partial charge in [0.2, 0.25) is 0 Å². The second-order valence-corrected chi connectivity index (χ2v) is 5.97. The van der Waals surface area contributed by atoms with Crippen LogP contribution in [0.4, 0.5) is 0 Å². The van der Waals surface area contributed by atoms with E-state index in [4.69, 9.17) is 0 Å². The minimum atomic E-state index is 0.787. The van der Waals surface area contributed by atoms with Gasteiger partial charge in [0.15, 0.2) is 0 Å². The molecule has 1 saturated heterocycles. The van der Waals surface area contributed by atoms with Crippen molar-refractivity contribution in [1.29, 1.82) is 0 Å². The van der Waals surface area contributed by atoms with Gasteiger partial charge in [0.25, 0.3) is 0 Å². The highest BCUT2D eigenvalue weighted by atomic mass is 15.1. The molecule has 2 aliphatic carbocycles. The van der Waals surface area contributed by atoms with Crippen molar-refractivity contribution in [3.05, 3.63) is 0 Å². The van der Waals surface area contributed by atoms with Gasteiger partial charge >= 0.3 is 0 Å². The summed E-state index contributed by atoms with van der Waals surface area (Å²) < 4.78 is 0. The lowest BCUT2D eigenvalue weighted by atomic mass is 10.0. The Hall–Kier alpha value is -0.0800. The van der Waals surface area contributed by atoms with E-state index >= 15 is 0 Å². The number of nitrogens with one attached hydrogen (secondary N) is 1. The van der Waals surface area contributed by atoms with E-state index in [2.05, 4.69) is 17.3 Å². The summed E-state index contributed by atoms with van der Waals surface area (Å²) >= 11 is 0. The molecule has 0 aromatic carbocycles. The Kier molecular flexibility index (Phi) is 2.73. The van der Waals surface area contributed by atoms with Crippen LogP contribution >= 0.6 is 0 Å². The summed E-state index contributed by atoms with van der Waals surface area (Å²) in [6, 6.07) is 1.68. The lowest BCUT2D eigenvalue weighted by molar-refractivity contribution is 0.206. The molecule has 0 bridgehead atoms. The highest BCUT2D eigenvalue weighted by Crippen LogP contribution is 2.44. The first kappa shape index (κ1) is 10.1. The summed E-state index contributed by atoms with van der Waals surface area (Å²) in [6.07, 6.45) is 8.78. The fourth-order valence-corrected chi connectivity index (χ4v) is 3.14. The smallest absolute Gasteiger partial charge is 0.0198 e. The Labute approximate surface area is 93.4 Å². The lowest BCUT2D eigenvalue weighted by Gasteiger charge is -2.33. The maximum atomic E-state index is 3.97. The Morgan fingerprint density at radius 2 is 1.73 bits per heavy atom. The zero-order valence-electron chi connectivity index (χ0n) is 9.91. The number of piperidine rings is 1. The zero-order chi connectivity index (χ0) is 10.3. The average Bonchev–Trinajstić information content (AvgIpc) is 3.07. The van der Waals surface area contributed by atoms with E-state index < -0.39 is 0 Å². The maximum Gasteiger partial charge on any atom is 0.0198 e. The van der Waals surface area contributed by atoms with E-state index in [9.17, 15) is 0 Å². The number of hydrogen-bond donors (Lipinski definition) is 1. The van der Waals surface area contributed by atoms with Gasteiger partial charge in [0.05, 0.1) is 0 Å². The van der Waals surface area contributed by atoms with Gasteiger partial charge in [0, 0.05) is 18.6 Å². The molecule has 15 heavy (non-hydrogen) atoms. The molecule has 0 radical (unpaired) electrons. The van der Waals surface area contributed by atoms with Crippen LogP contribution in [0.15, 0.2) is 0 Å². The lowest BCUT2D eigenvalue weighted by Crippen LogP contribution is -2.49. The van der Waals surface area contributed by atoms with Crippen molar-refractivity contribution in [2.75, 3.05) is 20.1 Å². The van der Waals surface area contributed by atoms with Crippen molar-refractivity contribution in [3.8, 4) is 0 Å². The quantitative estimate of drug-likeness (QED) is 0.758. The summed E-state index contributed by atoms with van der Waals surface area (Å²) in [7, 11) is 2.26. The zero-order valence-corrected chi connectivity index (χ0v) is 9.91. The normalized spacial score (nSPS) is 33.6. The van der Waals surface area contributed by atoms with Gasteiger partial charge in [0.1, 0.15) is 0 Å². The van der Waals surface area contributed by atoms with Gasteiger partial charge in [-0.05, 0) is 64.0 Å². The topological polar surface area (TPSA) is 15.3 Å². The van der Waals surface area contributed by atoms with Crippen LogP contribution in [-0.4, -0.2) is 37.1 Å². The van der Waals surface area contributed by atoms with Crippen LogP contribution in [-0.2, 0) is 0 Å². The minimum Gasteiger partial charge on any atom is -0.309 e. The highest BCUT2D eigenvalue weighted by Gasteiger charge is 2.42. The summed E-state index contributed by atoms with van der Waals surface area (Å²) in [4.78, 5) is 2.48. The molecule has 0 aromatic rings. The molecule has 1 atom stereocenters. The van der Waals surface area contributed by atoms with E-state index in [-0.39, 0.29) is 0 Å². The number of rotatable bonds is 4. The van der Waals surface area contributed by atoms with Crippen LogP contribution in [0.25, 0.3) is 0 Å². The fraction of sp³-hybridized carbons (Fsp3) is 1.00. The molecule has 3 aliphatic rings. The second-order valence-electron chi connectivity index (χ2n) is 5.97. The Morgan fingerprint density at radius 1 is 1.07 bits per heavy atom. The van der Waals surface area contributed by atoms with Gasteiger partial charge in [-0.1, -0.05) is 0 Å². The van der Waals surface area contributed by atoms with Crippen LogP contribution in [0, 0.1) is 11.8 Å². The van der Waals surface area contributed by atoms with Crippen LogP contribution < -0.4 is 5.32 Å². The Balaban J connectivity index is 1.53. The fourth-order valence-electron chi connectivity index (χ4n) is 3.14. The van der Waals surface area contributed by atoms with Crippen molar-refractivity contribution >= 4 is 0 Å². The number of likely N-dealkylation sites (N-methyl/N-ethyl adjacent to an activating group) is 1. The molecule has 1 unspecified atom stereocenters. The molecule has 2 heteroatoms. The first-order valence-corrected chi connectivity index (χ1v) is 6.77. The number of hydrogen-bond acceptors (Lipinski definition) is 2. The predicted molar refractivity (Wildman–Crippen MR) is 62.9 cm³/mol. The van der Waals surface area contributed by atoms with Crippen molar-refractivity contribution in [2.24, 2.45) is 11.8 Å². The maximum absolute atomic E-state index is 3.97. The van der Waals surface area contributed by atoms with Crippen LogP contribution in [0.3, 0.4) is 0 Å². The number of likely N-dealkylation sites (tertiary alicyclic amines) is 1. The SMILES string of the molecule is CN1CCCC(NC(C2CC2)C2CC2)C1. The molecule has 86 valence electrons. The molecule has 1 aliphatic heterocycles. The third kappa shape index (κ3) is 2.54. The van der Waals surface area contributed by atoms with Gasteiger partial charge in [-0.25, -0.2) is 0 Å². The van der Waals surface area contributed by atoms with Gasteiger partial charge in [-0.2, -0.15) is 0 Å². The second kappa shape index (κ2) is 4.06. The van der Waals surface area contributed by atoms with Crippen LogP contribution in [0.1, 0.15) is 38.5 Å². The monoisotopic (exact) mass is 208 g/mol. The van der Waals surface area contributed by atoms with Crippen LogP contribution in [0.2, 0.25) is 0 Å². The van der Waals surface area contributed by atoms with Crippen LogP contribution in [0.5, 0.6) is 0 Å². The van der Waals surface area contributed by atoms with Crippen molar-refractivity contribution in [2.45, 2.75) is 50.6 Å². The van der Waals surface area contributed by atoms with Crippen molar-refractivity contribution < 1.29 is 0 Å². The Morgan fingerprint density at radius 3 is 2.27 bits per heavy atom. The molecule has 0 amide bonds. The third-order valence-electron chi connectivity index (χ3n) is 4.31. The molecular formula is C13H24N2. The van der Waals surface area contributed by atoms with E-state index in [1.807, 2.05) is 0 Å². The molecule has 2 saturated carbocycles. The summed E-state index contributed by atoms with van der Waals surface area (Å²) in [5, 5.41) is 3.97. The highest BCUT2D eigenvalue weighted by molar-refractivity contribution is 4.98. The van der Waals surface area contributed by atoms with Crippen molar-refractivity contribution in [3.63, 3.8) is 0 Å². The molecule has 3 fully saturated rings. The average molecular weight is 208 g/mol. The van der Waals surface area contributed by atoms with Gasteiger partial charge in [-0.3, -0.25) is 0 Å². The first-order chi connectivity index (χ1) is 7.33. The molecule has 0 aromatic heterocycles. The van der Waals surface area contributed by atoms with E-state index in [1.165, 1.54) is 51.6 Å². The first-order valence-electron chi connectivity index (χ1n) is 6.77. The summed E-state index contributed by atoms with van der Waals surface area (Å²) in [5.74, 6) is 2.09. The molecule has 3 rings (SSSR count).